The summed E-state index contributed by atoms with van der Waals surface area (Å²) in [5, 5.41) is 11.1. The highest BCUT2D eigenvalue weighted by Gasteiger charge is 2.18. The van der Waals surface area contributed by atoms with Crippen molar-refractivity contribution in [2.24, 2.45) is 0 Å². The molecule has 0 aliphatic carbocycles. The largest absolute Gasteiger partial charge is 0.481 e. The summed E-state index contributed by atoms with van der Waals surface area (Å²) in [4.78, 5) is 12.1. The molecule has 7 heteroatoms. The van der Waals surface area contributed by atoms with E-state index in [0.717, 1.165) is 4.34 Å². The van der Waals surface area contributed by atoms with Gasteiger partial charge in [0.25, 0.3) is 5.91 Å². The number of carbonyl (C=O) groups is 1. The molecule has 0 saturated carbocycles. The molecule has 0 unspecified atom stereocenters. The Balaban J connectivity index is 1.95. The highest BCUT2D eigenvalue weighted by Crippen LogP contribution is 2.25. The van der Waals surface area contributed by atoms with Gasteiger partial charge in [-0.25, -0.2) is 0 Å². The number of benzene rings is 1. The van der Waals surface area contributed by atoms with Gasteiger partial charge in [0.1, 0.15) is 5.75 Å². The lowest BCUT2D eigenvalue weighted by atomic mass is 9.87. The third-order valence-corrected chi connectivity index (χ3v) is 5.03. The maximum Gasteiger partial charge on any atom is 0.266 e. The van der Waals surface area contributed by atoms with Crippen molar-refractivity contribution in [3.8, 4) is 5.75 Å². The molecule has 0 saturated heterocycles. The first kappa shape index (κ1) is 17.7. The van der Waals surface area contributed by atoms with Gasteiger partial charge in [-0.05, 0) is 36.3 Å². The highest BCUT2D eigenvalue weighted by atomic mass is 32.2. The van der Waals surface area contributed by atoms with Gasteiger partial charge in [0.05, 0.1) is 0 Å². The Bertz CT molecular complexity index is 663. The first-order valence-electron chi connectivity index (χ1n) is 7.25. The van der Waals surface area contributed by atoms with Crippen molar-refractivity contribution in [1.82, 2.24) is 10.2 Å². The van der Waals surface area contributed by atoms with Crippen molar-refractivity contribution >= 4 is 34.1 Å². The molecule has 2 aromatic rings. The van der Waals surface area contributed by atoms with E-state index in [1.54, 1.807) is 6.92 Å². The summed E-state index contributed by atoms with van der Waals surface area (Å²) in [7, 11) is 0. The lowest BCUT2D eigenvalue weighted by molar-refractivity contribution is -0.122. The topological polar surface area (TPSA) is 64.1 Å². The number of amides is 1. The van der Waals surface area contributed by atoms with E-state index >= 15 is 0 Å². The van der Waals surface area contributed by atoms with Crippen LogP contribution in [0, 0.1) is 0 Å². The summed E-state index contributed by atoms with van der Waals surface area (Å²) in [5.74, 6) is 0.427. The molecule has 1 aromatic heterocycles. The van der Waals surface area contributed by atoms with Crippen LogP contribution in [-0.2, 0) is 10.2 Å². The summed E-state index contributed by atoms with van der Waals surface area (Å²) in [6.45, 7) is 8.18. The fourth-order valence-electron chi connectivity index (χ4n) is 1.84. The standard InChI is InChI=1S/C16H21N3O2S2/c1-10(13(20)17-14-18-19-15(22-5)23-14)21-12-8-6-11(7-9-12)16(2,3)4/h6-10H,1-5H3,(H,17,18,20)/t10-/m0/s1. The number of nitrogens with zero attached hydrogens (tertiary/aromatic N) is 2. The number of nitrogens with one attached hydrogen (secondary N) is 1. The normalized spacial score (nSPS) is 12.7. The number of hydrogen-bond acceptors (Lipinski definition) is 6. The van der Waals surface area contributed by atoms with E-state index < -0.39 is 6.10 Å². The molecule has 124 valence electrons. The molecule has 1 heterocycles. The molecule has 5 nitrogen and oxygen atoms in total. The predicted molar refractivity (Wildman–Crippen MR) is 95.6 cm³/mol. The number of anilines is 1. The van der Waals surface area contributed by atoms with Crippen molar-refractivity contribution in [3.05, 3.63) is 29.8 Å². The van der Waals surface area contributed by atoms with Crippen LogP contribution < -0.4 is 10.1 Å². The third-order valence-electron chi connectivity index (χ3n) is 3.21. The maximum absolute atomic E-state index is 12.1. The molecular formula is C16H21N3O2S2. The number of ether oxygens (including phenoxy) is 1. The van der Waals surface area contributed by atoms with E-state index in [2.05, 4.69) is 36.3 Å². The number of thioether (sulfide) groups is 1. The van der Waals surface area contributed by atoms with Crippen molar-refractivity contribution in [2.45, 2.75) is 43.6 Å². The average Bonchev–Trinajstić information content (AvgIpc) is 2.94. The molecule has 2 rings (SSSR count). The zero-order chi connectivity index (χ0) is 17.0. The molecule has 1 atom stereocenters. The van der Waals surface area contributed by atoms with Crippen LogP contribution in [0.5, 0.6) is 5.75 Å². The Morgan fingerprint density at radius 1 is 1.26 bits per heavy atom. The lowest BCUT2D eigenvalue weighted by Gasteiger charge is -2.20. The molecule has 0 fully saturated rings. The molecule has 0 spiro atoms. The van der Waals surface area contributed by atoms with Crippen molar-refractivity contribution in [1.29, 1.82) is 0 Å². The van der Waals surface area contributed by atoms with Crippen LogP contribution in [0.3, 0.4) is 0 Å². The van der Waals surface area contributed by atoms with Crippen LogP contribution in [0.2, 0.25) is 0 Å². The van der Waals surface area contributed by atoms with Crippen LogP contribution in [0.1, 0.15) is 33.3 Å². The number of aromatic nitrogens is 2. The van der Waals surface area contributed by atoms with Gasteiger partial charge in [-0.15, -0.1) is 10.2 Å². The van der Waals surface area contributed by atoms with Crippen LogP contribution in [0.4, 0.5) is 5.13 Å². The minimum Gasteiger partial charge on any atom is -0.481 e. The van der Waals surface area contributed by atoms with E-state index in [4.69, 9.17) is 4.74 Å². The first-order chi connectivity index (χ1) is 10.8. The van der Waals surface area contributed by atoms with Crippen molar-refractivity contribution < 1.29 is 9.53 Å². The predicted octanol–water partition coefficient (Wildman–Crippen LogP) is 3.96. The van der Waals surface area contributed by atoms with Gasteiger partial charge in [0.15, 0.2) is 10.4 Å². The third kappa shape index (κ3) is 4.94. The molecule has 1 aromatic carbocycles. The summed E-state index contributed by atoms with van der Waals surface area (Å²) >= 11 is 2.84. The number of carbonyl (C=O) groups excluding carboxylic acids is 1. The minimum absolute atomic E-state index is 0.0916. The molecule has 0 aliphatic rings. The minimum atomic E-state index is -0.614. The Labute approximate surface area is 144 Å². The second-order valence-electron chi connectivity index (χ2n) is 6.10. The summed E-state index contributed by atoms with van der Waals surface area (Å²) < 4.78 is 6.50. The SMILES string of the molecule is CSc1nnc(NC(=O)[C@H](C)Oc2ccc(C(C)(C)C)cc2)s1. The maximum atomic E-state index is 12.1. The zero-order valence-corrected chi connectivity index (χ0v) is 15.5. The lowest BCUT2D eigenvalue weighted by Crippen LogP contribution is -2.30. The first-order valence-corrected chi connectivity index (χ1v) is 9.29. The summed E-state index contributed by atoms with van der Waals surface area (Å²) in [6.07, 6.45) is 1.30. The van der Waals surface area contributed by atoms with Gasteiger partial charge in [-0.2, -0.15) is 0 Å². The van der Waals surface area contributed by atoms with Crippen LogP contribution in [0.15, 0.2) is 28.6 Å². The van der Waals surface area contributed by atoms with Crippen LogP contribution in [-0.4, -0.2) is 28.5 Å². The Hall–Kier alpha value is -1.60. The Morgan fingerprint density at radius 3 is 2.43 bits per heavy atom. The smallest absolute Gasteiger partial charge is 0.266 e. The summed E-state index contributed by atoms with van der Waals surface area (Å²) in [5.41, 5.74) is 1.31. The van der Waals surface area contributed by atoms with E-state index in [1.165, 1.54) is 28.7 Å². The molecular weight excluding hydrogens is 330 g/mol. The monoisotopic (exact) mass is 351 g/mol. The quantitative estimate of drug-likeness (QED) is 0.652. The Kier molecular flexibility index (Phi) is 5.64. The van der Waals surface area contributed by atoms with Crippen LogP contribution >= 0.6 is 23.1 Å². The highest BCUT2D eigenvalue weighted by molar-refractivity contribution is 8.00. The molecule has 1 N–H and O–H groups in total. The fraction of sp³-hybridized carbons (Fsp3) is 0.438. The second kappa shape index (κ2) is 7.31. The number of rotatable bonds is 5. The van der Waals surface area contributed by atoms with E-state index in [1.807, 2.05) is 30.5 Å². The van der Waals surface area contributed by atoms with Crippen LogP contribution in [0.25, 0.3) is 0 Å². The van der Waals surface area contributed by atoms with Gasteiger partial charge >= 0.3 is 0 Å². The van der Waals surface area contributed by atoms with Crippen molar-refractivity contribution in [2.75, 3.05) is 11.6 Å². The van der Waals surface area contributed by atoms with E-state index in [0.29, 0.717) is 10.9 Å². The Morgan fingerprint density at radius 2 is 1.91 bits per heavy atom. The van der Waals surface area contributed by atoms with E-state index in [9.17, 15) is 4.79 Å². The summed E-state index contributed by atoms with van der Waals surface area (Å²) in [6, 6.07) is 7.83. The molecule has 0 aliphatic heterocycles. The molecule has 1 amide bonds. The second-order valence-corrected chi connectivity index (χ2v) is 8.13. The van der Waals surface area contributed by atoms with Gasteiger partial charge in [-0.1, -0.05) is 56.0 Å². The van der Waals surface area contributed by atoms with Crippen molar-refractivity contribution in [3.63, 3.8) is 0 Å². The van der Waals surface area contributed by atoms with Gasteiger partial charge in [0.2, 0.25) is 5.13 Å². The molecule has 0 bridgehead atoms. The average molecular weight is 351 g/mol. The molecule has 0 radical (unpaired) electrons. The van der Waals surface area contributed by atoms with Gasteiger partial charge in [0, 0.05) is 0 Å². The molecule has 23 heavy (non-hydrogen) atoms. The number of hydrogen-bond donors (Lipinski definition) is 1. The van der Waals surface area contributed by atoms with E-state index in [-0.39, 0.29) is 11.3 Å². The van der Waals surface area contributed by atoms with Gasteiger partial charge in [-0.3, -0.25) is 10.1 Å². The fourth-order valence-corrected chi connectivity index (χ4v) is 3.01. The zero-order valence-electron chi connectivity index (χ0n) is 13.9. The van der Waals surface area contributed by atoms with Gasteiger partial charge < -0.3 is 4.74 Å².